The van der Waals surface area contributed by atoms with E-state index in [0.717, 1.165) is 38.5 Å². The zero-order valence-electron chi connectivity index (χ0n) is 36.2. The summed E-state index contributed by atoms with van der Waals surface area (Å²) >= 11 is 0. The molecular formula is C45H83O12P. The van der Waals surface area contributed by atoms with Crippen molar-refractivity contribution in [3.05, 3.63) is 24.3 Å². The fraction of sp³-hybridized carbons (Fsp3) is 0.867. The number of hydrogen-bond donors (Lipinski definition) is 5. The van der Waals surface area contributed by atoms with Crippen molar-refractivity contribution < 1.29 is 58.0 Å². The van der Waals surface area contributed by atoms with Crippen molar-refractivity contribution in [2.24, 2.45) is 5.92 Å². The molecule has 1 rings (SSSR count). The highest BCUT2D eigenvalue weighted by atomic mass is 31.2. The van der Waals surface area contributed by atoms with Gasteiger partial charge in [-0.25, -0.2) is 4.57 Å². The van der Waals surface area contributed by atoms with Crippen molar-refractivity contribution in [2.45, 2.75) is 231 Å². The van der Waals surface area contributed by atoms with Crippen LogP contribution in [0.25, 0.3) is 0 Å². The minimum absolute atomic E-state index is 0.0757. The Morgan fingerprint density at radius 1 is 0.707 bits per heavy atom. The minimum Gasteiger partial charge on any atom is -0.462 e. The summed E-state index contributed by atoms with van der Waals surface area (Å²) in [6, 6.07) is 0. The van der Waals surface area contributed by atoms with Gasteiger partial charge in [0.1, 0.15) is 6.61 Å². The Hall–Kier alpha value is -1.63. The molecule has 6 atom stereocenters. The highest BCUT2D eigenvalue weighted by Gasteiger charge is 2.35. The summed E-state index contributed by atoms with van der Waals surface area (Å²) in [5.74, 6) is -1.38. The smallest absolute Gasteiger partial charge is 0.462 e. The molecule has 5 N–H and O–H groups in total. The first-order valence-electron chi connectivity index (χ1n) is 23.0. The van der Waals surface area contributed by atoms with Crippen molar-refractivity contribution in [1.29, 1.82) is 0 Å². The molecule has 1 aliphatic rings. The number of phosphoric ester groups is 1. The number of unbranched alkanes of at least 4 members (excludes halogenated alkanes) is 21. The lowest BCUT2D eigenvalue weighted by molar-refractivity contribution is -0.199. The molecule has 0 amide bonds. The van der Waals surface area contributed by atoms with Crippen LogP contribution < -0.4 is 0 Å². The van der Waals surface area contributed by atoms with E-state index in [4.69, 9.17) is 24.0 Å². The van der Waals surface area contributed by atoms with E-state index in [1.54, 1.807) is 12.2 Å². The lowest BCUT2D eigenvalue weighted by Gasteiger charge is -2.36. The Balaban J connectivity index is 2.25. The van der Waals surface area contributed by atoms with E-state index in [9.17, 15) is 29.5 Å². The predicted molar refractivity (Wildman–Crippen MR) is 229 cm³/mol. The fourth-order valence-electron chi connectivity index (χ4n) is 7.24. The van der Waals surface area contributed by atoms with Crippen LogP contribution in [-0.2, 0) is 32.9 Å². The largest absolute Gasteiger partial charge is 0.469 e. The van der Waals surface area contributed by atoms with Gasteiger partial charge in [-0.1, -0.05) is 173 Å². The van der Waals surface area contributed by atoms with Crippen molar-refractivity contribution in [1.82, 2.24) is 0 Å². The van der Waals surface area contributed by atoms with Crippen molar-refractivity contribution in [2.75, 3.05) is 13.2 Å². The number of aliphatic hydroxyl groups excluding tert-OH is 3. The molecule has 0 bridgehead atoms. The maximum atomic E-state index is 12.5. The normalized spacial score (nSPS) is 19.8. The maximum Gasteiger partial charge on any atom is 0.469 e. The van der Waals surface area contributed by atoms with E-state index in [2.05, 4.69) is 18.4 Å². The lowest BCUT2D eigenvalue weighted by Crippen LogP contribution is -2.43. The van der Waals surface area contributed by atoms with Crippen LogP contribution in [0, 0.1) is 5.92 Å². The minimum atomic E-state index is -4.82. The highest BCUT2D eigenvalue weighted by molar-refractivity contribution is 7.46. The summed E-state index contributed by atoms with van der Waals surface area (Å²) in [4.78, 5) is 43.2. The van der Waals surface area contributed by atoms with E-state index in [1.807, 2.05) is 12.2 Å². The van der Waals surface area contributed by atoms with E-state index < -0.39 is 57.1 Å². The molecule has 0 aromatic carbocycles. The quantitative estimate of drug-likeness (QED) is 0.0171. The number of carbonyl (C=O) groups is 2. The Bertz CT molecular complexity index is 1110. The van der Waals surface area contributed by atoms with Gasteiger partial charge in [-0.15, -0.1) is 0 Å². The molecule has 12 nitrogen and oxygen atoms in total. The average Bonchev–Trinajstić information content (AvgIpc) is 3.17. The standard InChI is InChI=1S/C45H83O12P/c1-3-5-7-8-9-10-11-12-13-14-15-16-17-18-19-20-21-22-28-32-44(49)56-39(37-55-58(51,52)53)36-54-43(48)31-27-24-23-26-30-40-41(47)35-45(50)57-42(40)34-33-38(46)29-25-6-4-2/h23,26,33-34,38-42,45-47,50H,3-22,24-25,27-32,35-37H2,1-2H3,(H2,51,52,53)/b26-23-,34-33+/t38-,39+,40-,41-,42+,45?/m0/s1. The Morgan fingerprint density at radius 2 is 1.22 bits per heavy atom. The van der Waals surface area contributed by atoms with Crippen LogP contribution >= 0.6 is 7.82 Å². The second-order valence-electron chi connectivity index (χ2n) is 16.3. The van der Waals surface area contributed by atoms with Gasteiger partial charge in [0.2, 0.25) is 0 Å². The molecule has 1 saturated heterocycles. The third-order valence-electron chi connectivity index (χ3n) is 10.8. The average molecular weight is 847 g/mol. The molecule has 1 heterocycles. The van der Waals surface area contributed by atoms with Crippen LogP contribution in [-0.4, -0.2) is 81.0 Å². The Labute approximate surface area is 351 Å². The van der Waals surface area contributed by atoms with Crippen LogP contribution in [0.4, 0.5) is 0 Å². The number of ether oxygens (including phenoxy) is 3. The molecule has 0 aromatic heterocycles. The molecule has 1 fully saturated rings. The monoisotopic (exact) mass is 847 g/mol. The van der Waals surface area contributed by atoms with E-state index in [-0.39, 0.29) is 31.8 Å². The van der Waals surface area contributed by atoms with Crippen LogP contribution in [0.5, 0.6) is 0 Å². The summed E-state index contributed by atoms with van der Waals surface area (Å²) < 4.78 is 32.1. The first kappa shape index (κ1) is 54.4. The van der Waals surface area contributed by atoms with Gasteiger partial charge >= 0.3 is 19.8 Å². The second kappa shape index (κ2) is 36.1. The molecule has 0 aliphatic carbocycles. The molecule has 58 heavy (non-hydrogen) atoms. The number of phosphoric acid groups is 1. The lowest BCUT2D eigenvalue weighted by atomic mass is 9.87. The summed E-state index contributed by atoms with van der Waals surface area (Å²) in [5, 5.41) is 30.9. The van der Waals surface area contributed by atoms with Gasteiger partial charge in [-0.3, -0.25) is 14.1 Å². The molecule has 340 valence electrons. The molecule has 0 saturated carbocycles. The second-order valence-corrected chi connectivity index (χ2v) is 17.5. The molecule has 0 spiro atoms. The third kappa shape index (κ3) is 32.2. The summed E-state index contributed by atoms with van der Waals surface area (Å²) in [6.07, 6.45) is 32.3. The van der Waals surface area contributed by atoms with Crippen LogP contribution in [0.2, 0.25) is 0 Å². The first-order chi connectivity index (χ1) is 27.9. The van der Waals surface area contributed by atoms with E-state index in [0.29, 0.717) is 32.1 Å². The maximum absolute atomic E-state index is 12.5. The molecule has 0 radical (unpaired) electrons. The van der Waals surface area contributed by atoms with Gasteiger partial charge in [0.05, 0.1) is 24.9 Å². The van der Waals surface area contributed by atoms with Gasteiger partial charge < -0.3 is 39.3 Å². The zero-order valence-corrected chi connectivity index (χ0v) is 37.1. The van der Waals surface area contributed by atoms with Crippen molar-refractivity contribution >= 4 is 19.8 Å². The number of allylic oxidation sites excluding steroid dienone is 2. The number of aliphatic hydroxyl groups is 3. The van der Waals surface area contributed by atoms with Crippen molar-refractivity contribution in [3.8, 4) is 0 Å². The van der Waals surface area contributed by atoms with Gasteiger partial charge in [-0.2, -0.15) is 0 Å². The first-order valence-corrected chi connectivity index (χ1v) is 24.6. The van der Waals surface area contributed by atoms with Crippen molar-refractivity contribution in [3.63, 3.8) is 0 Å². The molecule has 1 unspecified atom stereocenters. The molecule has 0 aromatic rings. The van der Waals surface area contributed by atoms with Crippen LogP contribution in [0.15, 0.2) is 24.3 Å². The van der Waals surface area contributed by atoms with Gasteiger partial charge in [0.25, 0.3) is 0 Å². The van der Waals surface area contributed by atoms with E-state index >= 15 is 0 Å². The SMILES string of the molecule is CCCCCCCCCCCCCCCCCCCCCC(=O)O[C@H](COC(=O)CCC/C=C\C[C@H]1[C@@H](O)CC(O)O[C@@H]1/C=C/[C@@H](O)CCCCC)COP(=O)(O)O. The van der Waals surface area contributed by atoms with Gasteiger partial charge in [-0.05, 0) is 32.1 Å². The third-order valence-corrected chi connectivity index (χ3v) is 11.3. The summed E-state index contributed by atoms with van der Waals surface area (Å²) in [6.45, 7) is 3.37. The number of esters is 2. The summed E-state index contributed by atoms with van der Waals surface area (Å²) in [5.41, 5.74) is 0. The van der Waals surface area contributed by atoms with Gasteiger partial charge in [0.15, 0.2) is 12.4 Å². The van der Waals surface area contributed by atoms with Gasteiger partial charge in [0, 0.05) is 25.2 Å². The topological polar surface area (TPSA) is 189 Å². The molecule has 1 aliphatic heterocycles. The fourth-order valence-corrected chi connectivity index (χ4v) is 7.60. The van der Waals surface area contributed by atoms with Crippen LogP contribution in [0.1, 0.15) is 200 Å². The zero-order chi connectivity index (χ0) is 42.7. The van der Waals surface area contributed by atoms with E-state index in [1.165, 1.54) is 96.3 Å². The highest BCUT2D eigenvalue weighted by Crippen LogP contribution is 2.36. The Morgan fingerprint density at radius 3 is 1.78 bits per heavy atom. The predicted octanol–water partition coefficient (Wildman–Crippen LogP) is 10.1. The number of carbonyl (C=O) groups excluding carboxylic acids is 2. The Kier molecular flexibility index (Phi) is 33.8. The number of hydrogen-bond acceptors (Lipinski definition) is 10. The number of rotatable bonds is 38. The molecule has 13 heteroatoms. The molecular weight excluding hydrogens is 763 g/mol. The van der Waals surface area contributed by atoms with Crippen LogP contribution in [0.3, 0.4) is 0 Å². The summed E-state index contributed by atoms with van der Waals surface area (Å²) in [7, 11) is -4.82.